The molecule has 3 heterocycles. The minimum atomic E-state index is -0.212. The first-order valence-corrected chi connectivity index (χ1v) is 11.9. The first-order chi connectivity index (χ1) is 16.5. The van der Waals surface area contributed by atoms with E-state index in [4.69, 9.17) is 44.6 Å². The minimum Gasteiger partial charge on any atom is -0.497 e. The second kappa shape index (κ2) is 9.66. The number of hydrogen-bond acceptors (Lipinski definition) is 4. The summed E-state index contributed by atoms with van der Waals surface area (Å²) in [5.41, 5.74) is 2.72. The van der Waals surface area contributed by atoms with Gasteiger partial charge in [0.2, 0.25) is 0 Å². The standard InChI is InChI=1S/C26H21Cl2N3O2S/c1-32-17-10-8-16(9-11-17)15-31-25(24(30-26(31)34)20-7-2-3-14-29-20)22-13-12-21(33-22)18-5-4-6-19(27)23(18)28/h2-14,24-25H,15H2,1H3,(H,30,34)/t24-,25-/m0/s1. The second-order valence-corrected chi connectivity index (χ2v) is 9.08. The topological polar surface area (TPSA) is 50.5 Å². The molecule has 5 rings (SSSR count). The van der Waals surface area contributed by atoms with Crippen LogP contribution < -0.4 is 10.1 Å². The molecule has 2 atom stereocenters. The average molecular weight is 510 g/mol. The van der Waals surface area contributed by atoms with E-state index >= 15 is 0 Å². The van der Waals surface area contributed by atoms with Crippen LogP contribution in [0.1, 0.15) is 29.1 Å². The molecular weight excluding hydrogens is 489 g/mol. The summed E-state index contributed by atoms with van der Waals surface area (Å²) in [6.07, 6.45) is 1.78. The number of halogens is 2. The number of pyridine rings is 1. The molecule has 1 aliphatic heterocycles. The summed E-state index contributed by atoms with van der Waals surface area (Å²) in [5, 5.41) is 5.02. The van der Waals surface area contributed by atoms with E-state index < -0.39 is 0 Å². The van der Waals surface area contributed by atoms with Crippen molar-refractivity contribution < 1.29 is 9.15 Å². The van der Waals surface area contributed by atoms with Gasteiger partial charge in [0, 0.05) is 18.3 Å². The second-order valence-electron chi connectivity index (χ2n) is 7.91. The summed E-state index contributed by atoms with van der Waals surface area (Å²) < 4.78 is 11.7. The minimum absolute atomic E-state index is 0.180. The highest BCUT2D eigenvalue weighted by molar-refractivity contribution is 7.80. The number of benzene rings is 2. The zero-order chi connectivity index (χ0) is 23.7. The number of ether oxygens (including phenoxy) is 1. The smallest absolute Gasteiger partial charge is 0.170 e. The van der Waals surface area contributed by atoms with E-state index in [0.29, 0.717) is 27.5 Å². The van der Waals surface area contributed by atoms with Crippen LogP contribution in [0.25, 0.3) is 11.3 Å². The molecule has 0 unspecified atom stereocenters. The van der Waals surface area contributed by atoms with Gasteiger partial charge in [0.1, 0.15) is 23.3 Å². The van der Waals surface area contributed by atoms with Crippen molar-refractivity contribution in [1.29, 1.82) is 0 Å². The lowest BCUT2D eigenvalue weighted by atomic mass is 10.0. The Bertz CT molecular complexity index is 1310. The Hall–Kier alpha value is -3.06. The van der Waals surface area contributed by atoms with Gasteiger partial charge in [-0.1, -0.05) is 47.5 Å². The van der Waals surface area contributed by atoms with Crippen LogP contribution in [0.5, 0.6) is 5.75 Å². The third kappa shape index (κ3) is 4.37. The number of thiocarbonyl (C=S) groups is 1. The Morgan fingerprint density at radius 1 is 1.03 bits per heavy atom. The van der Waals surface area contributed by atoms with Crippen LogP contribution in [0.3, 0.4) is 0 Å². The van der Waals surface area contributed by atoms with E-state index in [2.05, 4.69) is 15.2 Å². The molecule has 2 aromatic carbocycles. The molecule has 8 heteroatoms. The summed E-state index contributed by atoms with van der Waals surface area (Å²) >= 11 is 18.4. The van der Waals surface area contributed by atoms with E-state index in [1.165, 1.54) is 0 Å². The van der Waals surface area contributed by atoms with E-state index in [9.17, 15) is 0 Å². The van der Waals surface area contributed by atoms with Gasteiger partial charge < -0.3 is 19.4 Å². The van der Waals surface area contributed by atoms with Crippen LogP contribution in [0.15, 0.2) is 83.4 Å². The largest absolute Gasteiger partial charge is 0.497 e. The van der Waals surface area contributed by atoms with Crippen molar-refractivity contribution >= 4 is 40.5 Å². The maximum Gasteiger partial charge on any atom is 0.170 e. The molecule has 4 aromatic rings. The van der Waals surface area contributed by atoms with Gasteiger partial charge >= 0.3 is 0 Å². The molecule has 0 spiro atoms. The van der Waals surface area contributed by atoms with E-state index in [1.54, 1.807) is 19.4 Å². The highest BCUT2D eigenvalue weighted by Gasteiger charge is 2.41. The summed E-state index contributed by atoms with van der Waals surface area (Å²) in [7, 11) is 1.66. The Morgan fingerprint density at radius 3 is 2.59 bits per heavy atom. The third-order valence-corrected chi connectivity index (χ3v) is 7.02. The maximum atomic E-state index is 6.45. The zero-order valence-corrected chi connectivity index (χ0v) is 20.6. The Labute approximate surface area is 213 Å². The van der Waals surface area contributed by atoms with Crippen molar-refractivity contribution in [1.82, 2.24) is 15.2 Å². The van der Waals surface area contributed by atoms with E-state index in [0.717, 1.165) is 28.3 Å². The van der Waals surface area contributed by atoms with Crippen LogP contribution >= 0.6 is 35.4 Å². The predicted octanol–water partition coefficient (Wildman–Crippen LogP) is 6.83. The van der Waals surface area contributed by atoms with Crippen molar-refractivity contribution in [2.24, 2.45) is 0 Å². The number of hydrogen-bond donors (Lipinski definition) is 1. The summed E-state index contributed by atoms with van der Waals surface area (Å²) in [6.45, 7) is 0.595. The molecule has 34 heavy (non-hydrogen) atoms. The third-order valence-electron chi connectivity index (χ3n) is 5.85. The average Bonchev–Trinajstić information content (AvgIpc) is 3.47. The molecule has 2 aromatic heterocycles. The first kappa shape index (κ1) is 22.7. The number of nitrogens with one attached hydrogen (secondary N) is 1. The fraction of sp³-hybridized carbons (Fsp3) is 0.154. The van der Waals surface area contributed by atoms with Gasteiger partial charge in [-0.2, -0.15) is 0 Å². The van der Waals surface area contributed by atoms with Gasteiger partial charge in [-0.3, -0.25) is 4.98 Å². The highest BCUT2D eigenvalue weighted by Crippen LogP contribution is 2.42. The lowest BCUT2D eigenvalue weighted by Gasteiger charge is -2.26. The Morgan fingerprint density at radius 2 is 1.85 bits per heavy atom. The van der Waals surface area contributed by atoms with Crippen molar-refractivity contribution in [3.63, 3.8) is 0 Å². The SMILES string of the molecule is COc1ccc(CN2C(=S)N[C@@H](c3ccccn3)[C@@H]2c2ccc(-c3cccc(Cl)c3Cl)o2)cc1. The number of aromatic nitrogens is 1. The molecule has 0 radical (unpaired) electrons. The summed E-state index contributed by atoms with van der Waals surface area (Å²) in [5.74, 6) is 2.20. The van der Waals surface area contributed by atoms with Gasteiger partial charge in [-0.15, -0.1) is 0 Å². The molecular formula is C26H21Cl2N3O2S. The fourth-order valence-corrected chi connectivity index (χ4v) is 4.86. The molecule has 0 amide bonds. The van der Waals surface area contributed by atoms with Crippen LogP contribution in [0.2, 0.25) is 10.0 Å². The number of methoxy groups -OCH3 is 1. The number of furan rings is 1. The molecule has 0 aliphatic carbocycles. The van der Waals surface area contributed by atoms with Gasteiger partial charge in [0.25, 0.3) is 0 Å². The van der Waals surface area contributed by atoms with E-state index in [1.807, 2.05) is 66.7 Å². The lowest BCUT2D eigenvalue weighted by molar-refractivity contribution is 0.269. The van der Waals surface area contributed by atoms with Gasteiger partial charge in [0.15, 0.2) is 5.11 Å². The Balaban J connectivity index is 1.53. The maximum absolute atomic E-state index is 6.45. The molecule has 0 bridgehead atoms. The normalized spacial score (nSPS) is 17.6. The van der Waals surface area contributed by atoms with Crippen molar-refractivity contribution in [2.75, 3.05) is 7.11 Å². The first-order valence-electron chi connectivity index (χ1n) is 10.7. The van der Waals surface area contributed by atoms with E-state index in [-0.39, 0.29) is 12.1 Å². The van der Waals surface area contributed by atoms with Gasteiger partial charge in [-0.25, -0.2) is 0 Å². The Kier molecular flexibility index (Phi) is 6.46. The summed E-state index contributed by atoms with van der Waals surface area (Å²) in [4.78, 5) is 6.70. The van der Waals surface area contributed by atoms with Gasteiger partial charge in [-0.05, 0) is 66.3 Å². The van der Waals surface area contributed by atoms with Crippen LogP contribution in [0, 0.1) is 0 Å². The highest BCUT2D eigenvalue weighted by atomic mass is 35.5. The van der Waals surface area contributed by atoms with Crippen molar-refractivity contribution in [3.8, 4) is 17.1 Å². The quantitative estimate of drug-likeness (QED) is 0.287. The molecule has 5 nitrogen and oxygen atoms in total. The zero-order valence-electron chi connectivity index (χ0n) is 18.2. The summed E-state index contributed by atoms with van der Waals surface area (Å²) in [6, 6.07) is 22.8. The van der Waals surface area contributed by atoms with Crippen LogP contribution in [0.4, 0.5) is 0 Å². The molecule has 1 fully saturated rings. The molecule has 1 aliphatic rings. The molecule has 0 saturated carbocycles. The molecule has 1 saturated heterocycles. The lowest BCUT2D eigenvalue weighted by Crippen LogP contribution is -2.29. The van der Waals surface area contributed by atoms with Crippen molar-refractivity contribution in [3.05, 3.63) is 106 Å². The van der Waals surface area contributed by atoms with Crippen LogP contribution in [-0.4, -0.2) is 22.1 Å². The van der Waals surface area contributed by atoms with Gasteiger partial charge in [0.05, 0.1) is 28.9 Å². The van der Waals surface area contributed by atoms with Crippen molar-refractivity contribution in [2.45, 2.75) is 18.6 Å². The molecule has 1 N–H and O–H groups in total. The monoisotopic (exact) mass is 509 g/mol. The number of rotatable bonds is 6. The fourth-order valence-electron chi connectivity index (χ4n) is 4.16. The molecule has 172 valence electrons. The predicted molar refractivity (Wildman–Crippen MR) is 138 cm³/mol. The number of nitrogens with zero attached hydrogens (tertiary/aromatic N) is 2. The van der Waals surface area contributed by atoms with Crippen LogP contribution in [-0.2, 0) is 6.54 Å².